The van der Waals surface area contributed by atoms with Gasteiger partial charge in [0.1, 0.15) is 4.83 Å². The number of halogens is 1. The van der Waals surface area contributed by atoms with Crippen LogP contribution in [0.2, 0.25) is 0 Å². The van der Waals surface area contributed by atoms with E-state index in [0.717, 1.165) is 16.5 Å². The monoisotopic (exact) mass is 307 g/mol. The predicted octanol–water partition coefficient (Wildman–Crippen LogP) is 3.10. The Morgan fingerprint density at radius 1 is 1.44 bits per heavy atom. The Balaban J connectivity index is 2.14. The number of hydrogen-bond acceptors (Lipinski definition) is 3. The maximum absolute atomic E-state index is 11.5. The Labute approximate surface area is 114 Å². The quantitative estimate of drug-likeness (QED) is 0.643. The number of benzene rings is 1. The summed E-state index contributed by atoms with van der Waals surface area (Å²) in [5, 5.41) is 1.08. The normalized spacial score (nSPS) is 12.3. The van der Waals surface area contributed by atoms with Crippen molar-refractivity contribution in [2.75, 3.05) is 6.61 Å². The lowest BCUT2D eigenvalue weighted by Crippen LogP contribution is -2.19. The van der Waals surface area contributed by atoms with Gasteiger partial charge in [-0.05, 0) is 37.1 Å². The number of ether oxygens (including phenoxy) is 1. The van der Waals surface area contributed by atoms with E-state index in [1.54, 1.807) is 13.1 Å². The molecule has 0 saturated heterocycles. The zero-order chi connectivity index (χ0) is 13.0. The van der Waals surface area contributed by atoms with Crippen molar-refractivity contribution in [3.05, 3.63) is 42.1 Å². The van der Waals surface area contributed by atoms with Gasteiger partial charge in [-0.1, -0.05) is 28.1 Å². The third-order valence-electron chi connectivity index (χ3n) is 2.62. The Kier molecular flexibility index (Phi) is 4.31. The van der Waals surface area contributed by atoms with E-state index in [2.05, 4.69) is 27.0 Å². The number of carbonyl (C=O) groups is 1. The molecule has 0 aliphatic heterocycles. The number of fused-ring (bicyclic) bond motifs is 1. The molecule has 3 nitrogen and oxygen atoms in total. The van der Waals surface area contributed by atoms with Gasteiger partial charge in [0.15, 0.2) is 0 Å². The molecular weight excluding hydrogens is 294 g/mol. The lowest BCUT2D eigenvalue weighted by molar-refractivity contribution is -0.142. The van der Waals surface area contributed by atoms with Crippen LogP contribution in [0.25, 0.3) is 10.9 Å². The minimum atomic E-state index is -0.299. The van der Waals surface area contributed by atoms with Gasteiger partial charge in [0.2, 0.25) is 0 Å². The molecule has 0 fully saturated rings. The van der Waals surface area contributed by atoms with Crippen LogP contribution in [0.1, 0.15) is 12.5 Å². The van der Waals surface area contributed by atoms with Crippen LogP contribution in [-0.4, -0.2) is 22.4 Å². The Bertz CT molecular complexity index is 556. The van der Waals surface area contributed by atoms with E-state index < -0.39 is 0 Å². The van der Waals surface area contributed by atoms with E-state index in [1.165, 1.54) is 0 Å². The molecule has 0 saturated carbocycles. The van der Waals surface area contributed by atoms with E-state index in [-0.39, 0.29) is 10.8 Å². The minimum absolute atomic E-state index is 0.219. The molecule has 1 unspecified atom stereocenters. The summed E-state index contributed by atoms with van der Waals surface area (Å²) in [5.41, 5.74) is 2.05. The summed E-state index contributed by atoms with van der Waals surface area (Å²) in [6.45, 7) is 2.21. The van der Waals surface area contributed by atoms with Gasteiger partial charge in [-0.25, -0.2) is 0 Å². The molecule has 1 atom stereocenters. The first-order valence-corrected chi connectivity index (χ1v) is 6.76. The number of alkyl halides is 1. The summed E-state index contributed by atoms with van der Waals surface area (Å²) in [6.07, 6.45) is 2.39. The van der Waals surface area contributed by atoms with E-state index in [1.807, 2.05) is 24.3 Å². The highest BCUT2D eigenvalue weighted by atomic mass is 79.9. The van der Waals surface area contributed by atoms with Crippen LogP contribution in [0.4, 0.5) is 0 Å². The van der Waals surface area contributed by atoms with Crippen molar-refractivity contribution in [2.45, 2.75) is 18.2 Å². The Hall–Kier alpha value is -1.42. The zero-order valence-electron chi connectivity index (χ0n) is 10.1. The zero-order valence-corrected chi connectivity index (χ0v) is 11.7. The maximum Gasteiger partial charge on any atom is 0.320 e. The molecule has 0 radical (unpaired) electrons. The number of aromatic nitrogens is 1. The lowest BCUT2D eigenvalue weighted by atomic mass is 10.1. The van der Waals surface area contributed by atoms with Crippen molar-refractivity contribution < 1.29 is 9.53 Å². The van der Waals surface area contributed by atoms with Gasteiger partial charge in [0, 0.05) is 11.6 Å². The van der Waals surface area contributed by atoms with Crippen molar-refractivity contribution in [3.63, 3.8) is 0 Å². The molecule has 1 heterocycles. The smallest absolute Gasteiger partial charge is 0.320 e. The summed E-state index contributed by atoms with van der Waals surface area (Å²) in [4.78, 5) is 15.5. The molecule has 0 amide bonds. The fraction of sp³-hybridized carbons (Fsp3) is 0.286. The highest BCUT2D eigenvalue weighted by Crippen LogP contribution is 2.17. The van der Waals surface area contributed by atoms with Crippen molar-refractivity contribution >= 4 is 32.8 Å². The van der Waals surface area contributed by atoms with E-state index >= 15 is 0 Å². The molecule has 0 aliphatic carbocycles. The van der Waals surface area contributed by atoms with Crippen LogP contribution in [-0.2, 0) is 16.0 Å². The average molecular weight is 308 g/mol. The highest BCUT2D eigenvalue weighted by molar-refractivity contribution is 9.10. The number of carbonyl (C=O) groups excluding carboxylic acids is 1. The van der Waals surface area contributed by atoms with Gasteiger partial charge in [0.25, 0.3) is 0 Å². The van der Waals surface area contributed by atoms with Gasteiger partial charge in [-0.3, -0.25) is 9.78 Å². The molecule has 18 heavy (non-hydrogen) atoms. The first-order valence-electron chi connectivity index (χ1n) is 5.85. The van der Waals surface area contributed by atoms with Crippen LogP contribution >= 0.6 is 15.9 Å². The lowest BCUT2D eigenvalue weighted by Gasteiger charge is -2.09. The second-order valence-electron chi connectivity index (χ2n) is 3.95. The average Bonchev–Trinajstić information content (AvgIpc) is 2.39. The van der Waals surface area contributed by atoms with Crippen LogP contribution in [0.5, 0.6) is 0 Å². The topological polar surface area (TPSA) is 39.2 Å². The standard InChI is InChI=1S/C14H14BrNO2/c1-2-18-14(17)12(15)9-10-5-6-13-11(8-10)4-3-7-16-13/h3-8,12H,2,9H2,1H3. The second-order valence-corrected chi connectivity index (χ2v) is 5.06. The number of esters is 1. The van der Waals surface area contributed by atoms with Crippen molar-refractivity contribution in [1.29, 1.82) is 0 Å². The maximum atomic E-state index is 11.5. The first-order chi connectivity index (χ1) is 8.70. The van der Waals surface area contributed by atoms with Gasteiger partial charge in [-0.2, -0.15) is 0 Å². The van der Waals surface area contributed by atoms with Gasteiger partial charge in [0.05, 0.1) is 12.1 Å². The van der Waals surface area contributed by atoms with Crippen molar-refractivity contribution in [2.24, 2.45) is 0 Å². The third kappa shape index (κ3) is 3.07. The molecule has 2 aromatic rings. The largest absolute Gasteiger partial charge is 0.465 e. The van der Waals surface area contributed by atoms with Crippen LogP contribution < -0.4 is 0 Å². The molecule has 0 bridgehead atoms. The number of pyridine rings is 1. The summed E-state index contributed by atoms with van der Waals surface area (Å²) in [6, 6.07) is 9.93. The van der Waals surface area contributed by atoms with Gasteiger partial charge in [-0.15, -0.1) is 0 Å². The second kappa shape index (κ2) is 5.96. The number of hydrogen-bond donors (Lipinski definition) is 0. The third-order valence-corrected chi connectivity index (χ3v) is 3.32. The van der Waals surface area contributed by atoms with Crippen molar-refractivity contribution in [3.8, 4) is 0 Å². The molecule has 0 spiro atoms. The SMILES string of the molecule is CCOC(=O)C(Br)Cc1ccc2ncccc2c1. The first kappa shape index (κ1) is 13.0. The van der Waals surface area contributed by atoms with Crippen LogP contribution in [0, 0.1) is 0 Å². The highest BCUT2D eigenvalue weighted by Gasteiger charge is 2.16. The molecule has 2 rings (SSSR count). The fourth-order valence-corrected chi connectivity index (χ4v) is 2.28. The summed E-state index contributed by atoms with van der Waals surface area (Å²) >= 11 is 3.35. The molecule has 1 aromatic carbocycles. The molecule has 94 valence electrons. The van der Waals surface area contributed by atoms with Crippen LogP contribution in [0.15, 0.2) is 36.5 Å². The molecule has 4 heteroatoms. The molecule has 0 N–H and O–H groups in total. The molecule has 0 aliphatic rings. The summed E-state index contributed by atoms with van der Waals surface area (Å²) < 4.78 is 4.97. The van der Waals surface area contributed by atoms with E-state index in [9.17, 15) is 4.79 Å². The molecular formula is C14H14BrNO2. The van der Waals surface area contributed by atoms with E-state index in [4.69, 9.17) is 4.74 Å². The Morgan fingerprint density at radius 3 is 3.06 bits per heavy atom. The van der Waals surface area contributed by atoms with Gasteiger partial charge >= 0.3 is 5.97 Å². The fourth-order valence-electron chi connectivity index (χ4n) is 1.78. The number of nitrogens with zero attached hydrogens (tertiary/aromatic N) is 1. The molecule has 1 aromatic heterocycles. The number of rotatable bonds is 4. The van der Waals surface area contributed by atoms with Gasteiger partial charge < -0.3 is 4.74 Å². The Morgan fingerprint density at radius 2 is 2.28 bits per heavy atom. The predicted molar refractivity (Wildman–Crippen MR) is 74.8 cm³/mol. The van der Waals surface area contributed by atoms with E-state index in [0.29, 0.717) is 13.0 Å². The van der Waals surface area contributed by atoms with Crippen LogP contribution in [0.3, 0.4) is 0 Å². The minimum Gasteiger partial charge on any atom is -0.465 e. The van der Waals surface area contributed by atoms with Crippen molar-refractivity contribution in [1.82, 2.24) is 4.98 Å². The summed E-state index contributed by atoms with van der Waals surface area (Å²) in [7, 11) is 0. The summed E-state index contributed by atoms with van der Waals surface area (Å²) in [5.74, 6) is -0.219.